The molecule has 0 fully saturated rings. The van der Waals surface area contributed by atoms with E-state index in [0.717, 1.165) is 12.1 Å². The van der Waals surface area contributed by atoms with Crippen molar-refractivity contribution in [2.75, 3.05) is 0 Å². The average Bonchev–Trinajstić information content (AvgIpc) is 2.50. The molecule has 0 bridgehead atoms. The Bertz CT molecular complexity index is 684. The van der Waals surface area contributed by atoms with E-state index in [9.17, 15) is 9.18 Å². The molecular weight excluding hydrogens is 203 g/mol. The van der Waals surface area contributed by atoms with Gasteiger partial charge in [0.05, 0.1) is 0 Å². The third kappa shape index (κ3) is 1.18. The van der Waals surface area contributed by atoms with Crippen LogP contribution in [0.15, 0.2) is 33.3 Å². The monoisotopic (exact) mass is 208 g/mol. The van der Waals surface area contributed by atoms with Crippen molar-refractivity contribution in [1.29, 1.82) is 0 Å². The van der Waals surface area contributed by atoms with Crippen LogP contribution in [0.4, 0.5) is 4.39 Å². The van der Waals surface area contributed by atoms with Crippen molar-refractivity contribution in [3.8, 4) is 0 Å². The van der Waals surface area contributed by atoms with Crippen molar-refractivity contribution >= 4 is 10.8 Å². The van der Waals surface area contributed by atoms with E-state index >= 15 is 0 Å². The van der Waals surface area contributed by atoms with Gasteiger partial charge in [-0.1, -0.05) is 10.3 Å². The lowest BCUT2D eigenvalue weighted by Crippen LogP contribution is -2.32. The van der Waals surface area contributed by atoms with E-state index in [1.54, 1.807) is 0 Å². The Morgan fingerprint density at radius 3 is 2.33 bits per heavy atom. The summed E-state index contributed by atoms with van der Waals surface area (Å²) in [5, 5.41) is 22.4. The average molecular weight is 208 g/mol. The van der Waals surface area contributed by atoms with Gasteiger partial charge in [0.15, 0.2) is 5.36 Å². The molecule has 0 saturated heterocycles. The van der Waals surface area contributed by atoms with Crippen molar-refractivity contribution in [3.63, 3.8) is 0 Å². The van der Waals surface area contributed by atoms with Crippen LogP contribution in [0.3, 0.4) is 0 Å². The lowest BCUT2D eigenvalue weighted by atomic mass is 10.2. The van der Waals surface area contributed by atoms with Crippen molar-refractivity contribution < 1.29 is 14.8 Å². The second-order valence-electron chi connectivity index (χ2n) is 2.92. The second-order valence-corrected chi connectivity index (χ2v) is 2.92. The molecule has 2 aromatic carbocycles. The summed E-state index contributed by atoms with van der Waals surface area (Å²) in [6, 6.07) is 3.39. The molecule has 2 N–H and O–H groups in total. The highest BCUT2D eigenvalue weighted by Crippen LogP contribution is 2.06. The van der Waals surface area contributed by atoms with Crippen LogP contribution in [0.1, 0.15) is 0 Å². The lowest BCUT2D eigenvalue weighted by Gasteiger charge is -1.87. The summed E-state index contributed by atoms with van der Waals surface area (Å²) in [6.07, 6.45) is 0. The van der Waals surface area contributed by atoms with Crippen molar-refractivity contribution in [2.24, 2.45) is 10.3 Å². The summed E-state index contributed by atoms with van der Waals surface area (Å²) in [7, 11) is 0. The number of rotatable bonds is 0. The minimum atomic E-state index is -0.597. The van der Waals surface area contributed by atoms with Crippen LogP contribution < -0.4 is 16.1 Å². The highest BCUT2D eigenvalue weighted by atomic mass is 19.1. The van der Waals surface area contributed by atoms with E-state index in [2.05, 4.69) is 10.3 Å². The molecule has 0 unspecified atom stereocenters. The van der Waals surface area contributed by atoms with E-state index < -0.39 is 16.6 Å². The van der Waals surface area contributed by atoms with Gasteiger partial charge in [0.25, 0.3) is 0 Å². The molecule has 2 aromatic rings. The number of benzene rings is 1. The molecule has 0 aliphatic carbocycles. The Morgan fingerprint density at radius 2 is 1.73 bits per heavy atom. The maximum Gasteiger partial charge on any atom is 0.217 e. The summed E-state index contributed by atoms with van der Waals surface area (Å²) in [6.45, 7) is 0. The molecule has 0 saturated carbocycles. The maximum absolute atomic E-state index is 12.9. The molecule has 0 aliphatic heterocycles. The summed E-state index contributed by atoms with van der Waals surface area (Å²) in [5.74, 6) is -0.568. The predicted molar refractivity (Wildman–Crippen MR) is 47.2 cm³/mol. The Morgan fingerprint density at radius 1 is 1.07 bits per heavy atom. The standard InChI is InChI=1S/C9H5FN2O3/c10-4-1-2-5-6(3-4)7(11-14)8(12-15)9(5)13/h1-3,14-15H/b11-7-,12-8+. The molecule has 76 valence electrons. The van der Waals surface area contributed by atoms with Crippen LogP contribution in [0.2, 0.25) is 0 Å². The molecule has 0 aromatic heterocycles. The SMILES string of the molecule is O=c1c(=N/O)/c(=N\O)c2cc(F)ccc12. The molecule has 6 heteroatoms. The third-order valence-electron chi connectivity index (χ3n) is 2.12. The van der Waals surface area contributed by atoms with Crippen LogP contribution in [-0.2, 0) is 0 Å². The first-order valence-corrected chi connectivity index (χ1v) is 3.98. The Hall–Kier alpha value is -2.24. The van der Waals surface area contributed by atoms with E-state index in [1.807, 2.05) is 0 Å². The zero-order chi connectivity index (χ0) is 11.0. The smallest absolute Gasteiger partial charge is 0.217 e. The van der Waals surface area contributed by atoms with Crippen molar-refractivity contribution in [2.45, 2.75) is 0 Å². The fourth-order valence-corrected chi connectivity index (χ4v) is 1.47. The highest BCUT2D eigenvalue weighted by Gasteiger charge is 2.10. The molecule has 0 amide bonds. The van der Waals surface area contributed by atoms with Gasteiger partial charge in [-0.15, -0.1) is 0 Å². The lowest BCUT2D eigenvalue weighted by molar-refractivity contribution is 0.288. The molecule has 5 nitrogen and oxygen atoms in total. The Labute approximate surface area is 81.7 Å². The predicted octanol–water partition coefficient (Wildman–Crippen LogP) is -0.206. The van der Waals surface area contributed by atoms with Gasteiger partial charge in [0.1, 0.15) is 11.2 Å². The van der Waals surface area contributed by atoms with Gasteiger partial charge in [0, 0.05) is 10.8 Å². The second kappa shape index (κ2) is 3.16. The summed E-state index contributed by atoms with van der Waals surface area (Å²) in [4.78, 5) is 11.5. The van der Waals surface area contributed by atoms with Gasteiger partial charge in [0.2, 0.25) is 5.43 Å². The van der Waals surface area contributed by atoms with E-state index in [-0.39, 0.29) is 16.1 Å². The van der Waals surface area contributed by atoms with Gasteiger partial charge < -0.3 is 10.4 Å². The normalized spacial score (nSPS) is 13.9. The zero-order valence-corrected chi connectivity index (χ0v) is 7.31. The first-order chi connectivity index (χ1) is 7.19. The van der Waals surface area contributed by atoms with Crippen molar-refractivity contribution in [1.82, 2.24) is 0 Å². The first-order valence-electron chi connectivity index (χ1n) is 3.98. The largest absolute Gasteiger partial charge is 0.410 e. The van der Waals surface area contributed by atoms with E-state index in [4.69, 9.17) is 10.4 Å². The number of halogens is 1. The molecular formula is C9H5FN2O3. The fraction of sp³-hybridized carbons (Fsp3) is 0. The molecule has 0 aliphatic rings. The molecule has 0 radical (unpaired) electrons. The summed E-state index contributed by atoms with van der Waals surface area (Å²) in [5.41, 5.74) is -0.597. The van der Waals surface area contributed by atoms with Crippen LogP contribution in [0, 0.1) is 5.82 Å². The fourth-order valence-electron chi connectivity index (χ4n) is 1.47. The number of fused-ring (bicyclic) bond motifs is 1. The third-order valence-corrected chi connectivity index (χ3v) is 2.12. The molecule has 15 heavy (non-hydrogen) atoms. The van der Waals surface area contributed by atoms with E-state index in [1.165, 1.54) is 6.07 Å². The summed E-state index contributed by atoms with van der Waals surface area (Å²) < 4.78 is 12.9. The number of hydrogen-bond acceptors (Lipinski definition) is 5. The van der Waals surface area contributed by atoms with E-state index in [0.29, 0.717) is 0 Å². The van der Waals surface area contributed by atoms with Gasteiger partial charge in [-0.2, -0.15) is 0 Å². The van der Waals surface area contributed by atoms with Crippen LogP contribution in [0.25, 0.3) is 10.8 Å². The van der Waals surface area contributed by atoms with Gasteiger partial charge in [-0.25, -0.2) is 4.39 Å². The minimum absolute atomic E-state index is 0.121. The number of hydrogen-bond donors (Lipinski definition) is 2. The summed E-state index contributed by atoms with van der Waals surface area (Å²) >= 11 is 0. The van der Waals surface area contributed by atoms with Gasteiger partial charge in [-0.3, -0.25) is 4.79 Å². The molecule has 2 rings (SSSR count). The number of nitrogens with zero attached hydrogens (tertiary/aromatic N) is 2. The van der Waals surface area contributed by atoms with Gasteiger partial charge >= 0.3 is 0 Å². The molecule has 0 heterocycles. The maximum atomic E-state index is 12.9. The van der Waals surface area contributed by atoms with Gasteiger partial charge in [-0.05, 0) is 18.2 Å². The quantitative estimate of drug-likeness (QED) is 0.464. The van der Waals surface area contributed by atoms with Crippen molar-refractivity contribution in [3.05, 3.63) is 45.0 Å². The topological polar surface area (TPSA) is 82.2 Å². The zero-order valence-electron chi connectivity index (χ0n) is 7.31. The van der Waals surface area contributed by atoms with Crippen LogP contribution in [0.5, 0.6) is 0 Å². The molecule has 0 spiro atoms. The highest BCUT2D eigenvalue weighted by molar-refractivity contribution is 5.83. The van der Waals surface area contributed by atoms with Crippen LogP contribution in [-0.4, -0.2) is 10.4 Å². The first kappa shape index (κ1) is 9.32. The Balaban J connectivity index is 3.22. The molecule has 0 atom stereocenters. The Kier molecular flexibility index (Phi) is 1.96. The minimum Gasteiger partial charge on any atom is -0.410 e. The van der Waals surface area contributed by atoms with Crippen LogP contribution >= 0.6 is 0 Å².